The molecule has 1 aliphatic heterocycles. The SMILES string of the molecule is FC(F)(F)Oc1ccccc1CC1CN(c2ncnc3[nH]ncc23)C1. The van der Waals surface area contributed by atoms with Crippen LogP contribution in [0.15, 0.2) is 36.8 Å². The first-order valence-corrected chi connectivity index (χ1v) is 7.72. The quantitative estimate of drug-likeness (QED) is 0.784. The van der Waals surface area contributed by atoms with Crippen LogP contribution in [0.3, 0.4) is 0 Å². The molecule has 0 spiro atoms. The van der Waals surface area contributed by atoms with E-state index < -0.39 is 6.36 Å². The van der Waals surface area contributed by atoms with Gasteiger partial charge in [0.2, 0.25) is 0 Å². The average molecular weight is 349 g/mol. The second-order valence-corrected chi connectivity index (χ2v) is 5.96. The molecular formula is C16H14F3N5O. The van der Waals surface area contributed by atoms with Gasteiger partial charge in [-0.25, -0.2) is 9.97 Å². The summed E-state index contributed by atoms with van der Waals surface area (Å²) in [5, 5.41) is 7.59. The molecule has 130 valence electrons. The van der Waals surface area contributed by atoms with Gasteiger partial charge in [-0.05, 0) is 24.0 Å². The highest BCUT2D eigenvalue weighted by Gasteiger charge is 2.34. The van der Waals surface area contributed by atoms with Gasteiger partial charge in [-0.15, -0.1) is 13.2 Å². The molecule has 0 atom stereocenters. The van der Waals surface area contributed by atoms with Crippen LogP contribution in [0.2, 0.25) is 0 Å². The molecule has 0 amide bonds. The second-order valence-electron chi connectivity index (χ2n) is 5.96. The number of nitrogens with zero attached hydrogens (tertiary/aromatic N) is 4. The van der Waals surface area contributed by atoms with Gasteiger partial charge in [0.15, 0.2) is 5.65 Å². The summed E-state index contributed by atoms with van der Waals surface area (Å²) in [7, 11) is 0. The molecule has 1 N–H and O–H groups in total. The van der Waals surface area contributed by atoms with Crippen molar-refractivity contribution in [3.8, 4) is 5.75 Å². The fraction of sp³-hybridized carbons (Fsp3) is 0.312. The molecule has 1 saturated heterocycles. The van der Waals surface area contributed by atoms with Gasteiger partial charge in [-0.3, -0.25) is 5.10 Å². The first-order valence-electron chi connectivity index (χ1n) is 7.72. The van der Waals surface area contributed by atoms with Crippen LogP contribution in [-0.4, -0.2) is 39.6 Å². The number of nitrogens with one attached hydrogen (secondary N) is 1. The maximum atomic E-state index is 12.5. The van der Waals surface area contributed by atoms with Crippen LogP contribution >= 0.6 is 0 Å². The van der Waals surface area contributed by atoms with Gasteiger partial charge in [0.1, 0.15) is 17.9 Å². The van der Waals surface area contributed by atoms with E-state index in [1.807, 2.05) is 0 Å². The Bertz CT molecular complexity index is 889. The van der Waals surface area contributed by atoms with Crippen LogP contribution in [0.5, 0.6) is 5.75 Å². The molecule has 4 rings (SSSR count). The third kappa shape index (κ3) is 3.21. The number of fused-ring (bicyclic) bond motifs is 1. The molecule has 3 heterocycles. The van der Waals surface area contributed by atoms with Crippen molar-refractivity contribution in [3.05, 3.63) is 42.4 Å². The topological polar surface area (TPSA) is 66.9 Å². The van der Waals surface area contributed by atoms with E-state index in [9.17, 15) is 13.2 Å². The van der Waals surface area contributed by atoms with E-state index in [0.717, 1.165) is 11.2 Å². The number of hydrogen-bond acceptors (Lipinski definition) is 5. The van der Waals surface area contributed by atoms with E-state index in [4.69, 9.17) is 0 Å². The zero-order valence-electron chi connectivity index (χ0n) is 13.0. The van der Waals surface area contributed by atoms with E-state index in [1.54, 1.807) is 18.3 Å². The number of halogens is 3. The highest BCUT2D eigenvalue weighted by molar-refractivity contribution is 5.86. The lowest BCUT2D eigenvalue weighted by molar-refractivity contribution is -0.274. The van der Waals surface area contributed by atoms with Crippen molar-refractivity contribution in [1.29, 1.82) is 0 Å². The second kappa shape index (κ2) is 5.91. The van der Waals surface area contributed by atoms with Crippen LogP contribution < -0.4 is 9.64 Å². The molecule has 0 unspecified atom stereocenters. The minimum atomic E-state index is -4.68. The number of rotatable bonds is 4. The number of benzene rings is 1. The molecule has 25 heavy (non-hydrogen) atoms. The van der Waals surface area contributed by atoms with Crippen LogP contribution in [0.25, 0.3) is 11.0 Å². The summed E-state index contributed by atoms with van der Waals surface area (Å²) in [6, 6.07) is 6.27. The van der Waals surface area contributed by atoms with Gasteiger partial charge in [-0.1, -0.05) is 18.2 Å². The summed E-state index contributed by atoms with van der Waals surface area (Å²) in [6.45, 7) is 1.41. The van der Waals surface area contributed by atoms with Crippen LogP contribution in [-0.2, 0) is 6.42 Å². The third-order valence-electron chi connectivity index (χ3n) is 4.19. The monoisotopic (exact) mass is 349 g/mol. The molecule has 1 fully saturated rings. The van der Waals surface area contributed by atoms with Gasteiger partial charge < -0.3 is 9.64 Å². The first kappa shape index (κ1) is 15.7. The molecule has 2 aromatic heterocycles. The number of para-hydroxylation sites is 1. The highest BCUT2D eigenvalue weighted by atomic mass is 19.4. The average Bonchev–Trinajstić information content (AvgIpc) is 2.99. The van der Waals surface area contributed by atoms with E-state index in [0.29, 0.717) is 30.7 Å². The van der Waals surface area contributed by atoms with Gasteiger partial charge in [0, 0.05) is 13.1 Å². The van der Waals surface area contributed by atoms with Gasteiger partial charge >= 0.3 is 6.36 Å². The smallest absolute Gasteiger partial charge is 0.406 e. The lowest BCUT2D eigenvalue weighted by atomic mass is 9.91. The summed E-state index contributed by atoms with van der Waals surface area (Å²) >= 11 is 0. The van der Waals surface area contributed by atoms with E-state index in [-0.39, 0.29) is 11.7 Å². The summed E-state index contributed by atoms with van der Waals surface area (Å²) in [5.74, 6) is 0.887. The molecule has 0 saturated carbocycles. The van der Waals surface area contributed by atoms with Crippen molar-refractivity contribution in [2.45, 2.75) is 12.8 Å². The molecule has 6 nitrogen and oxygen atoms in total. The standard InChI is InChI=1S/C16H14F3N5O/c17-16(18,19)25-13-4-2-1-3-11(13)5-10-7-24(8-10)15-12-6-22-23-14(12)20-9-21-15/h1-4,6,9-10H,5,7-8H2,(H,20,21,22,23). The number of anilines is 1. The summed E-state index contributed by atoms with van der Waals surface area (Å²) in [4.78, 5) is 10.5. The van der Waals surface area contributed by atoms with Gasteiger partial charge in [0.25, 0.3) is 0 Å². The number of hydrogen-bond donors (Lipinski definition) is 1. The number of H-pyrrole nitrogens is 1. The van der Waals surface area contributed by atoms with Crippen LogP contribution in [0, 0.1) is 5.92 Å². The lowest BCUT2D eigenvalue weighted by Crippen LogP contribution is -2.48. The Morgan fingerprint density at radius 1 is 1.20 bits per heavy atom. The Morgan fingerprint density at radius 2 is 2.00 bits per heavy atom. The predicted molar refractivity (Wildman–Crippen MR) is 84.2 cm³/mol. The summed E-state index contributed by atoms with van der Waals surface area (Å²) in [6.07, 6.45) is -1.03. The van der Waals surface area contributed by atoms with Crippen molar-refractivity contribution in [2.75, 3.05) is 18.0 Å². The Balaban J connectivity index is 1.45. The van der Waals surface area contributed by atoms with Crippen molar-refractivity contribution in [3.63, 3.8) is 0 Å². The Hall–Kier alpha value is -2.84. The lowest BCUT2D eigenvalue weighted by Gasteiger charge is -2.40. The molecule has 1 aromatic carbocycles. The first-order chi connectivity index (χ1) is 12.0. The molecular weight excluding hydrogens is 335 g/mol. The Labute approximate surface area is 140 Å². The predicted octanol–water partition coefficient (Wildman–Crippen LogP) is 2.93. The van der Waals surface area contributed by atoms with E-state index in [2.05, 4.69) is 29.8 Å². The largest absolute Gasteiger partial charge is 0.573 e. The van der Waals surface area contributed by atoms with Crippen molar-refractivity contribution < 1.29 is 17.9 Å². The number of aromatic amines is 1. The van der Waals surface area contributed by atoms with Gasteiger partial charge in [-0.2, -0.15) is 5.10 Å². The molecule has 0 radical (unpaired) electrons. The molecule has 1 aliphatic rings. The van der Waals surface area contributed by atoms with E-state index in [1.165, 1.54) is 18.5 Å². The third-order valence-corrected chi connectivity index (χ3v) is 4.19. The Kier molecular flexibility index (Phi) is 3.70. The maximum Gasteiger partial charge on any atom is 0.573 e. The van der Waals surface area contributed by atoms with Crippen molar-refractivity contribution in [1.82, 2.24) is 20.2 Å². The Morgan fingerprint density at radius 3 is 2.80 bits per heavy atom. The van der Waals surface area contributed by atoms with Crippen LogP contribution in [0.4, 0.5) is 19.0 Å². The minimum absolute atomic E-state index is 0.132. The molecule has 9 heteroatoms. The molecule has 0 bridgehead atoms. The maximum absolute atomic E-state index is 12.5. The summed E-state index contributed by atoms with van der Waals surface area (Å²) in [5.41, 5.74) is 1.22. The minimum Gasteiger partial charge on any atom is -0.406 e. The number of aromatic nitrogens is 4. The van der Waals surface area contributed by atoms with Crippen LogP contribution in [0.1, 0.15) is 5.56 Å². The fourth-order valence-corrected chi connectivity index (χ4v) is 3.08. The molecule has 0 aliphatic carbocycles. The molecule has 3 aromatic rings. The fourth-order valence-electron chi connectivity index (χ4n) is 3.08. The zero-order valence-corrected chi connectivity index (χ0v) is 13.0. The summed E-state index contributed by atoms with van der Waals surface area (Å²) < 4.78 is 41.6. The van der Waals surface area contributed by atoms with Crippen molar-refractivity contribution >= 4 is 16.9 Å². The van der Waals surface area contributed by atoms with Crippen molar-refractivity contribution in [2.24, 2.45) is 5.92 Å². The normalized spacial score (nSPS) is 15.4. The van der Waals surface area contributed by atoms with Gasteiger partial charge in [0.05, 0.1) is 11.6 Å². The number of alkyl halides is 3. The number of ether oxygens (including phenoxy) is 1. The zero-order chi connectivity index (χ0) is 17.4. The highest BCUT2D eigenvalue weighted by Crippen LogP contribution is 2.33. The van der Waals surface area contributed by atoms with E-state index >= 15 is 0 Å².